The fourth-order valence-corrected chi connectivity index (χ4v) is 1.98. The molecule has 1 rings (SSSR count). The topological polar surface area (TPSA) is 47.6 Å². The van der Waals surface area contributed by atoms with Gasteiger partial charge in [0.15, 0.2) is 0 Å². The summed E-state index contributed by atoms with van der Waals surface area (Å²) in [5, 5.41) is 5.74. The van der Waals surface area contributed by atoms with Crippen molar-refractivity contribution in [1.29, 1.82) is 0 Å². The lowest BCUT2D eigenvalue weighted by atomic mass is 10.2. The van der Waals surface area contributed by atoms with Gasteiger partial charge in [0.2, 0.25) is 5.91 Å². The van der Waals surface area contributed by atoms with Gasteiger partial charge in [0.25, 0.3) is 0 Å². The number of hydrogen-bond donors (Lipinski definition) is 2. The number of unbranched alkanes of at least 4 members (excludes halogenated alkanes) is 1. The van der Waals surface area contributed by atoms with E-state index in [4.69, 9.17) is 0 Å². The molecule has 0 bridgehead atoms. The highest BCUT2D eigenvalue weighted by atomic mass is 16.1. The maximum atomic E-state index is 11.2. The highest BCUT2D eigenvalue weighted by molar-refractivity contribution is 5.77. The van der Waals surface area contributed by atoms with Crippen molar-refractivity contribution >= 4 is 5.91 Å². The molecule has 5 heteroatoms. The largest absolute Gasteiger partial charge is 0.355 e. The van der Waals surface area contributed by atoms with Gasteiger partial charge in [-0.2, -0.15) is 0 Å². The number of carbonyl (C=O) groups is 1. The Kier molecular flexibility index (Phi) is 7.16. The summed E-state index contributed by atoms with van der Waals surface area (Å²) < 4.78 is 0. The van der Waals surface area contributed by atoms with Crippen molar-refractivity contribution in [2.24, 2.45) is 0 Å². The Morgan fingerprint density at radius 3 is 2.53 bits per heavy atom. The molecule has 0 spiro atoms. The summed E-state index contributed by atoms with van der Waals surface area (Å²) in [4.78, 5) is 16.0. The minimum atomic E-state index is 0.0899. The van der Waals surface area contributed by atoms with Crippen LogP contribution in [0.3, 0.4) is 0 Å². The highest BCUT2D eigenvalue weighted by Gasteiger charge is 2.12. The van der Waals surface area contributed by atoms with E-state index in [0.717, 1.165) is 19.5 Å². The lowest BCUT2D eigenvalue weighted by Crippen LogP contribution is -2.44. The van der Waals surface area contributed by atoms with Gasteiger partial charge in [0.05, 0.1) is 6.54 Å². The summed E-state index contributed by atoms with van der Waals surface area (Å²) in [6.45, 7) is 7.10. The van der Waals surface area contributed by atoms with E-state index in [1.807, 2.05) is 0 Å². The van der Waals surface area contributed by atoms with E-state index in [0.29, 0.717) is 6.54 Å². The van der Waals surface area contributed by atoms with Gasteiger partial charge < -0.3 is 20.4 Å². The lowest BCUT2D eigenvalue weighted by Gasteiger charge is -2.32. The van der Waals surface area contributed by atoms with Crippen LogP contribution in [0, 0.1) is 0 Å². The van der Waals surface area contributed by atoms with E-state index in [1.165, 1.54) is 32.6 Å². The van der Waals surface area contributed by atoms with Crippen LogP contribution in [-0.2, 0) is 4.79 Å². The molecule has 0 saturated carbocycles. The Labute approximate surface area is 105 Å². The molecule has 5 nitrogen and oxygen atoms in total. The third kappa shape index (κ3) is 6.61. The predicted octanol–water partition coefficient (Wildman–Crippen LogP) is -0.650. The second-order valence-corrected chi connectivity index (χ2v) is 4.73. The predicted molar refractivity (Wildman–Crippen MR) is 70.1 cm³/mol. The Bertz CT molecular complexity index is 215. The summed E-state index contributed by atoms with van der Waals surface area (Å²) >= 11 is 0. The molecule has 0 radical (unpaired) electrons. The van der Waals surface area contributed by atoms with Crippen LogP contribution in [0.1, 0.15) is 12.8 Å². The van der Waals surface area contributed by atoms with Crippen LogP contribution in [0.4, 0.5) is 0 Å². The number of amides is 1. The highest BCUT2D eigenvalue weighted by Crippen LogP contribution is 2.01. The number of rotatable bonds is 7. The van der Waals surface area contributed by atoms with E-state index in [1.54, 1.807) is 7.05 Å². The Balaban J connectivity index is 1.92. The van der Waals surface area contributed by atoms with Crippen LogP contribution in [-0.4, -0.2) is 75.6 Å². The van der Waals surface area contributed by atoms with Gasteiger partial charge in [-0.15, -0.1) is 0 Å². The van der Waals surface area contributed by atoms with Gasteiger partial charge in [-0.1, -0.05) is 0 Å². The number of piperazine rings is 1. The van der Waals surface area contributed by atoms with Crippen LogP contribution >= 0.6 is 0 Å². The first-order valence-corrected chi connectivity index (χ1v) is 6.54. The van der Waals surface area contributed by atoms with E-state index in [-0.39, 0.29) is 5.91 Å². The fourth-order valence-electron chi connectivity index (χ4n) is 1.98. The molecule has 100 valence electrons. The molecule has 17 heavy (non-hydrogen) atoms. The molecule has 0 aromatic rings. The molecule has 1 heterocycles. The van der Waals surface area contributed by atoms with E-state index < -0.39 is 0 Å². The van der Waals surface area contributed by atoms with Crippen molar-refractivity contribution in [2.75, 3.05) is 59.9 Å². The minimum Gasteiger partial charge on any atom is -0.355 e. The second kappa shape index (κ2) is 8.44. The van der Waals surface area contributed by atoms with Crippen molar-refractivity contribution in [3.8, 4) is 0 Å². The van der Waals surface area contributed by atoms with Crippen molar-refractivity contribution in [2.45, 2.75) is 12.8 Å². The Morgan fingerprint density at radius 1 is 1.18 bits per heavy atom. The molecule has 0 aliphatic carbocycles. The standard InChI is InChI=1S/C12H26N4O/c1-13-11-12(17)14-5-3-4-6-16-9-7-15(2)8-10-16/h13H,3-11H2,1-2H3,(H,14,17). The van der Waals surface area contributed by atoms with Crippen molar-refractivity contribution in [1.82, 2.24) is 20.4 Å². The van der Waals surface area contributed by atoms with Gasteiger partial charge in [0.1, 0.15) is 0 Å². The first-order chi connectivity index (χ1) is 8.22. The summed E-state index contributed by atoms with van der Waals surface area (Å²) in [6, 6.07) is 0. The normalized spacial score (nSPS) is 18.2. The molecule has 1 fully saturated rings. The molecular formula is C12H26N4O. The van der Waals surface area contributed by atoms with E-state index in [2.05, 4.69) is 27.5 Å². The zero-order valence-electron chi connectivity index (χ0n) is 11.2. The van der Waals surface area contributed by atoms with Crippen molar-refractivity contribution in [3.05, 3.63) is 0 Å². The van der Waals surface area contributed by atoms with Crippen LogP contribution in [0.2, 0.25) is 0 Å². The first-order valence-electron chi connectivity index (χ1n) is 6.54. The smallest absolute Gasteiger partial charge is 0.233 e. The SMILES string of the molecule is CNCC(=O)NCCCCN1CCN(C)CC1. The number of nitrogens with one attached hydrogen (secondary N) is 2. The number of carbonyl (C=O) groups excluding carboxylic acids is 1. The van der Waals surface area contributed by atoms with Crippen molar-refractivity contribution in [3.63, 3.8) is 0 Å². The van der Waals surface area contributed by atoms with Crippen molar-refractivity contribution < 1.29 is 4.79 Å². The zero-order valence-corrected chi connectivity index (χ0v) is 11.2. The molecule has 0 atom stereocenters. The molecule has 1 amide bonds. The third-order valence-corrected chi connectivity index (χ3v) is 3.16. The molecule has 0 unspecified atom stereocenters. The van der Waals surface area contributed by atoms with Gasteiger partial charge in [-0.3, -0.25) is 4.79 Å². The third-order valence-electron chi connectivity index (χ3n) is 3.16. The van der Waals surface area contributed by atoms with Crippen LogP contribution < -0.4 is 10.6 Å². The summed E-state index contributed by atoms with van der Waals surface area (Å²) in [5.74, 6) is 0.0899. The lowest BCUT2D eigenvalue weighted by molar-refractivity contribution is -0.120. The zero-order chi connectivity index (χ0) is 12.5. The molecule has 0 aromatic carbocycles. The monoisotopic (exact) mass is 242 g/mol. The summed E-state index contributed by atoms with van der Waals surface area (Å²) in [7, 11) is 3.96. The number of nitrogens with zero attached hydrogens (tertiary/aromatic N) is 2. The molecular weight excluding hydrogens is 216 g/mol. The Hall–Kier alpha value is -0.650. The van der Waals surface area contributed by atoms with Gasteiger partial charge >= 0.3 is 0 Å². The average Bonchev–Trinajstić information content (AvgIpc) is 2.31. The minimum absolute atomic E-state index is 0.0899. The Morgan fingerprint density at radius 2 is 1.88 bits per heavy atom. The maximum Gasteiger partial charge on any atom is 0.233 e. The number of likely N-dealkylation sites (N-methyl/N-ethyl adjacent to an activating group) is 2. The fraction of sp³-hybridized carbons (Fsp3) is 0.917. The van der Waals surface area contributed by atoms with Crippen LogP contribution in [0.5, 0.6) is 0 Å². The van der Waals surface area contributed by atoms with Crippen LogP contribution in [0.15, 0.2) is 0 Å². The maximum absolute atomic E-state index is 11.2. The molecule has 0 aromatic heterocycles. The number of hydrogen-bond acceptors (Lipinski definition) is 4. The molecule has 2 N–H and O–H groups in total. The second-order valence-electron chi connectivity index (χ2n) is 4.73. The molecule has 1 aliphatic rings. The van der Waals surface area contributed by atoms with Gasteiger partial charge in [0, 0.05) is 32.7 Å². The van der Waals surface area contributed by atoms with Crippen LogP contribution in [0.25, 0.3) is 0 Å². The van der Waals surface area contributed by atoms with E-state index >= 15 is 0 Å². The summed E-state index contributed by atoms with van der Waals surface area (Å²) in [6.07, 6.45) is 2.24. The first kappa shape index (κ1) is 14.4. The van der Waals surface area contributed by atoms with Gasteiger partial charge in [-0.25, -0.2) is 0 Å². The molecule has 1 aliphatic heterocycles. The average molecular weight is 242 g/mol. The van der Waals surface area contributed by atoms with E-state index in [9.17, 15) is 4.79 Å². The summed E-state index contributed by atoms with van der Waals surface area (Å²) in [5.41, 5.74) is 0. The molecule has 1 saturated heterocycles. The van der Waals surface area contributed by atoms with Gasteiger partial charge in [-0.05, 0) is 33.5 Å². The quantitative estimate of drug-likeness (QED) is 0.583.